The summed E-state index contributed by atoms with van der Waals surface area (Å²) in [7, 11) is 1.36. The van der Waals surface area contributed by atoms with E-state index in [0.717, 1.165) is 30.4 Å². The molecule has 0 spiro atoms. The minimum absolute atomic E-state index is 0.0806. The predicted molar refractivity (Wildman–Crippen MR) is 91.6 cm³/mol. The molecule has 1 saturated carbocycles. The normalized spacial score (nSPS) is 15.2. The Labute approximate surface area is 141 Å². The van der Waals surface area contributed by atoms with Crippen molar-refractivity contribution in [3.05, 3.63) is 71.3 Å². The molecule has 0 saturated heterocycles. The zero-order valence-corrected chi connectivity index (χ0v) is 13.7. The number of amides is 1. The van der Waals surface area contributed by atoms with Gasteiger partial charge in [-0.2, -0.15) is 0 Å². The Morgan fingerprint density at radius 3 is 2.25 bits per heavy atom. The van der Waals surface area contributed by atoms with Crippen molar-refractivity contribution in [3.63, 3.8) is 0 Å². The minimum atomic E-state index is -0.382. The van der Waals surface area contributed by atoms with Crippen molar-refractivity contribution < 1.29 is 14.3 Å². The van der Waals surface area contributed by atoms with Crippen molar-refractivity contribution in [1.82, 2.24) is 5.32 Å². The Bertz CT molecular complexity index is 718. The topological polar surface area (TPSA) is 55.4 Å². The second-order valence-corrected chi connectivity index (χ2v) is 6.17. The third-order valence-corrected chi connectivity index (χ3v) is 4.80. The first-order valence-electron chi connectivity index (χ1n) is 8.17. The summed E-state index contributed by atoms with van der Waals surface area (Å²) in [5.74, 6) is -0.278. The lowest BCUT2D eigenvalue weighted by Gasteiger charge is -2.40. The molecular formula is C20H21NO3. The fraction of sp³-hybridized carbons (Fsp3) is 0.300. The molecule has 1 N–H and O–H groups in total. The molecule has 0 aliphatic heterocycles. The fourth-order valence-corrected chi connectivity index (χ4v) is 3.16. The smallest absolute Gasteiger partial charge is 0.337 e. The van der Waals surface area contributed by atoms with Gasteiger partial charge in [0.25, 0.3) is 0 Å². The van der Waals surface area contributed by atoms with E-state index in [2.05, 4.69) is 10.1 Å². The molecule has 4 nitrogen and oxygen atoms in total. The van der Waals surface area contributed by atoms with E-state index in [-0.39, 0.29) is 17.3 Å². The molecule has 3 rings (SSSR count). The van der Waals surface area contributed by atoms with Crippen LogP contribution in [0.3, 0.4) is 0 Å². The van der Waals surface area contributed by atoms with Gasteiger partial charge in [-0.1, -0.05) is 48.9 Å². The highest BCUT2D eigenvalue weighted by atomic mass is 16.5. The highest BCUT2D eigenvalue weighted by molar-refractivity contribution is 5.90. The first kappa shape index (κ1) is 16.2. The van der Waals surface area contributed by atoms with Gasteiger partial charge in [0.15, 0.2) is 0 Å². The fourth-order valence-electron chi connectivity index (χ4n) is 3.16. The molecule has 0 unspecified atom stereocenters. The molecule has 1 amide bonds. The quantitative estimate of drug-likeness (QED) is 0.860. The van der Waals surface area contributed by atoms with Crippen molar-refractivity contribution in [2.75, 3.05) is 7.11 Å². The number of hydrogen-bond acceptors (Lipinski definition) is 3. The zero-order chi connectivity index (χ0) is 17.0. The number of benzene rings is 2. The number of esters is 1. The SMILES string of the molecule is COC(=O)c1ccc(CNC(=O)C2(c3ccccc3)CCC2)cc1. The van der Waals surface area contributed by atoms with Crippen molar-refractivity contribution in [1.29, 1.82) is 0 Å². The number of ether oxygens (including phenoxy) is 1. The van der Waals surface area contributed by atoms with Crippen LogP contribution in [0.5, 0.6) is 0 Å². The first-order chi connectivity index (χ1) is 11.7. The molecule has 1 fully saturated rings. The van der Waals surface area contributed by atoms with Crippen LogP contribution in [-0.2, 0) is 21.5 Å². The summed E-state index contributed by atoms with van der Waals surface area (Å²) < 4.78 is 4.68. The Kier molecular flexibility index (Phi) is 4.65. The summed E-state index contributed by atoms with van der Waals surface area (Å²) in [5.41, 5.74) is 2.17. The van der Waals surface area contributed by atoms with Gasteiger partial charge in [0, 0.05) is 6.54 Å². The summed E-state index contributed by atoms with van der Waals surface area (Å²) in [5, 5.41) is 3.05. The van der Waals surface area contributed by atoms with Crippen LogP contribution in [0.1, 0.15) is 40.7 Å². The van der Waals surface area contributed by atoms with Crippen LogP contribution in [0.15, 0.2) is 54.6 Å². The average Bonchev–Trinajstić information content (AvgIpc) is 2.60. The summed E-state index contributed by atoms with van der Waals surface area (Å²) in [4.78, 5) is 24.2. The monoisotopic (exact) mass is 323 g/mol. The van der Waals surface area contributed by atoms with E-state index < -0.39 is 0 Å². The van der Waals surface area contributed by atoms with Crippen LogP contribution < -0.4 is 5.32 Å². The predicted octanol–water partition coefficient (Wildman–Crippen LogP) is 3.21. The van der Waals surface area contributed by atoms with Crippen LogP contribution in [0.2, 0.25) is 0 Å². The maximum absolute atomic E-state index is 12.8. The molecule has 0 aromatic heterocycles. The molecule has 2 aromatic rings. The molecule has 1 aliphatic carbocycles. The maximum atomic E-state index is 12.8. The molecule has 4 heteroatoms. The average molecular weight is 323 g/mol. The lowest BCUT2D eigenvalue weighted by molar-refractivity contribution is -0.130. The van der Waals surface area contributed by atoms with Gasteiger partial charge < -0.3 is 10.1 Å². The van der Waals surface area contributed by atoms with Gasteiger partial charge >= 0.3 is 5.97 Å². The van der Waals surface area contributed by atoms with Crippen molar-refractivity contribution in [3.8, 4) is 0 Å². The molecule has 0 bridgehead atoms. The second-order valence-electron chi connectivity index (χ2n) is 6.17. The van der Waals surface area contributed by atoms with E-state index in [0.29, 0.717) is 12.1 Å². The van der Waals surface area contributed by atoms with E-state index in [1.165, 1.54) is 7.11 Å². The van der Waals surface area contributed by atoms with E-state index >= 15 is 0 Å². The van der Waals surface area contributed by atoms with Gasteiger partial charge in [-0.3, -0.25) is 4.79 Å². The van der Waals surface area contributed by atoms with Gasteiger partial charge in [-0.05, 0) is 36.1 Å². The van der Waals surface area contributed by atoms with Crippen LogP contribution in [0, 0.1) is 0 Å². The van der Waals surface area contributed by atoms with Crippen LogP contribution in [-0.4, -0.2) is 19.0 Å². The van der Waals surface area contributed by atoms with Gasteiger partial charge in [0.2, 0.25) is 5.91 Å². The number of carbonyl (C=O) groups excluding carboxylic acids is 2. The van der Waals surface area contributed by atoms with Crippen LogP contribution in [0.4, 0.5) is 0 Å². The summed E-state index contributed by atoms with van der Waals surface area (Å²) >= 11 is 0. The van der Waals surface area contributed by atoms with E-state index in [1.54, 1.807) is 12.1 Å². The number of rotatable bonds is 5. The van der Waals surface area contributed by atoms with Crippen LogP contribution in [0.25, 0.3) is 0 Å². The van der Waals surface area contributed by atoms with Gasteiger partial charge in [0.1, 0.15) is 0 Å². The maximum Gasteiger partial charge on any atom is 0.337 e. The molecule has 1 aliphatic rings. The third-order valence-electron chi connectivity index (χ3n) is 4.80. The van der Waals surface area contributed by atoms with Crippen molar-refractivity contribution in [2.45, 2.75) is 31.2 Å². The number of carbonyl (C=O) groups is 2. The summed E-state index contributed by atoms with van der Waals surface area (Å²) in [6.07, 6.45) is 2.87. The van der Waals surface area contributed by atoms with Crippen molar-refractivity contribution >= 4 is 11.9 Å². The second kappa shape index (κ2) is 6.87. The molecule has 0 radical (unpaired) electrons. The highest BCUT2D eigenvalue weighted by Crippen LogP contribution is 2.43. The van der Waals surface area contributed by atoms with Crippen molar-refractivity contribution in [2.24, 2.45) is 0 Å². The Balaban J connectivity index is 1.66. The Morgan fingerprint density at radius 1 is 1.04 bits per heavy atom. The minimum Gasteiger partial charge on any atom is -0.465 e. The molecule has 2 aromatic carbocycles. The van der Waals surface area contributed by atoms with Gasteiger partial charge in [-0.15, -0.1) is 0 Å². The van der Waals surface area contributed by atoms with Gasteiger partial charge in [-0.25, -0.2) is 4.79 Å². The zero-order valence-electron chi connectivity index (χ0n) is 13.7. The largest absolute Gasteiger partial charge is 0.465 e. The van der Waals surface area contributed by atoms with E-state index in [9.17, 15) is 9.59 Å². The standard InChI is InChI=1S/C20H21NO3/c1-24-18(22)16-10-8-15(9-11-16)14-21-19(23)20(12-5-13-20)17-6-3-2-4-7-17/h2-4,6-11H,5,12-14H2,1H3,(H,21,23). The highest BCUT2D eigenvalue weighted by Gasteiger charge is 2.45. The Morgan fingerprint density at radius 2 is 1.71 bits per heavy atom. The molecule has 124 valence electrons. The number of hydrogen-bond donors (Lipinski definition) is 1. The lowest BCUT2D eigenvalue weighted by atomic mass is 9.64. The molecule has 0 atom stereocenters. The van der Waals surface area contributed by atoms with Crippen LogP contribution >= 0.6 is 0 Å². The molecular weight excluding hydrogens is 302 g/mol. The molecule has 0 heterocycles. The van der Waals surface area contributed by atoms with E-state index in [1.807, 2.05) is 42.5 Å². The summed E-state index contributed by atoms with van der Waals surface area (Å²) in [6.45, 7) is 0.453. The van der Waals surface area contributed by atoms with E-state index in [4.69, 9.17) is 0 Å². The first-order valence-corrected chi connectivity index (χ1v) is 8.17. The molecule has 24 heavy (non-hydrogen) atoms. The Hall–Kier alpha value is -2.62. The summed E-state index contributed by atoms with van der Waals surface area (Å²) in [6, 6.07) is 17.1. The number of nitrogens with one attached hydrogen (secondary N) is 1. The third kappa shape index (κ3) is 3.04. The lowest BCUT2D eigenvalue weighted by Crippen LogP contribution is -2.48. The van der Waals surface area contributed by atoms with Gasteiger partial charge in [0.05, 0.1) is 18.1 Å². The number of methoxy groups -OCH3 is 1.